The van der Waals surface area contributed by atoms with E-state index >= 15 is 0 Å². The summed E-state index contributed by atoms with van der Waals surface area (Å²) in [6.07, 6.45) is 29.4. The first kappa shape index (κ1) is 27.7. The highest BCUT2D eigenvalue weighted by Gasteiger charge is 2.28. The number of rotatable bonds is 21. The zero-order chi connectivity index (χ0) is 22.4. The first-order valence-electron chi connectivity index (χ1n) is 13.3. The Balaban J connectivity index is 1.71. The third kappa shape index (κ3) is 17.0. The lowest BCUT2D eigenvalue weighted by molar-refractivity contribution is -0.146. The van der Waals surface area contributed by atoms with Gasteiger partial charge in [-0.25, -0.2) is 4.79 Å². The van der Waals surface area contributed by atoms with Gasteiger partial charge in [-0.15, -0.1) is 0 Å². The van der Waals surface area contributed by atoms with Crippen molar-refractivity contribution in [1.29, 1.82) is 0 Å². The van der Waals surface area contributed by atoms with Gasteiger partial charge in [-0.2, -0.15) is 0 Å². The van der Waals surface area contributed by atoms with Crippen LogP contribution in [0, 0.1) is 0 Å². The van der Waals surface area contributed by atoms with E-state index in [0.29, 0.717) is 19.4 Å². The summed E-state index contributed by atoms with van der Waals surface area (Å²) in [6, 6.07) is -0.408. The van der Waals surface area contributed by atoms with Crippen LogP contribution in [0.5, 0.6) is 0 Å². The number of ether oxygens (including phenoxy) is 1. The molecule has 0 saturated carbocycles. The van der Waals surface area contributed by atoms with Crippen molar-refractivity contribution in [2.24, 2.45) is 0 Å². The van der Waals surface area contributed by atoms with E-state index in [-0.39, 0.29) is 11.9 Å². The van der Waals surface area contributed by atoms with Gasteiger partial charge >= 0.3 is 5.97 Å². The Bertz CT molecular complexity index is 475. The summed E-state index contributed by atoms with van der Waals surface area (Å²) in [5, 5.41) is 2.65. The molecule has 0 aromatic rings. The molecular formula is C27H49NO3. The standard InChI is InChI=1S/C27H49NO3/c1-2-3-4-5-6-7-8-9-10-11-12-13-14-15-16-17-18-19-20-21-24-31-27(30)25-22-23-26(29)28-25/h6-7,25H,2-5,8-24H2,1H3,(H,28,29)/b7-6+/t25-/m0/s1. The summed E-state index contributed by atoms with van der Waals surface area (Å²) in [7, 11) is 0. The van der Waals surface area contributed by atoms with E-state index in [0.717, 1.165) is 12.8 Å². The van der Waals surface area contributed by atoms with E-state index in [2.05, 4.69) is 24.4 Å². The van der Waals surface area contributed by atoms with E-state index < -0.39 is 6.04 Å². The van der Waals surface area contributed by atoms with Gasteiger partial charge in [0.15, 0.2) is 0 Å². The van der Waals surface area contributed by atoms with E-state index in [1.807, 2.05) is 0 Å². The molecule has 0 radical (unpaired) electrons. The molecule has 1 amide bonds. The Hall–Kier alpha value is -1.32. The first-order valence-corrected chi connectivity index (χ1v) is 13.3. The van der Waals surface area contributed by atoms with Crippen LogP contribution < -0.4 is 5.32 Å². The fourth-order valence-corrected chi connectivity index (χ4v) is 4.12. The molecule has 4 nitrogen and oxygen atoms in total. The second-order valence-corrected chi connectivity index (χ2v) is 9.18. The summed E-state index contributed by atoms with van der Waals surface area (Å²) >= 11 is 0. The molecule has 0 unspecified atom stereocenters. The molecule has 1 rings (SSSR count). The minimum Gasteiger partial charge on any atom is -0.464 e. The molecule has 0 aliphatic carbocycles. The quantitative estimate of drug-likeness (QED) is 0.116. The van der Waals surface area contributed by atoms with Crippen LogP contribution >= 0.6 is 0 Å². The van der Waals surface area contributed by atoms with Gasteiger partial charge in [0, 0.05) is 6.42 Å². The van der Waals surface area contributed by atoms with Crippen molar-refractivity contribution < 1.29 is 14.3 Å². The normalized spacial score (nSPS) is 16.2. The number of allylic oxidation sites excluding steroid dienone is 2. The summed E-state index contributed by atoms with van der Waals surface area (Å²) in [4.78, 5) is 22.9. The second kappa shape index (κ2) is 20.6. The van der Waals surface area contributed by atoms with E-state index in [4.69, 9.17) is 4.74 Å². The molecule has 31 heavy (non-hydrogen) atoms. The molecule has 0 bridgehead atoms. The summed E-state index contributed by atoms with van der Waals surface area (Å²) in [5.74, 6) is -0.307. The molecule has 1 saturated heterocycles. The third-order valence-electron chi connectivity index (χ3n) is 6.18. The molecule has 1 atom stereocenters. The third-order valence-corrected chi connectivity index (χ3v) is 6.18. The summed E-state index contributed by atoms with van der Waals surface area (Å²) < 4.78 is 5.25. The Morgan fingerprint density at radius 3 is 1.77 bits per heavy atom. The average molecular weight is 436 g/mol. The smallest absolute Gasteiger partial charge is 0.328 e. The highest BCUT2D eigenvalue weighted by atomic mass is 16.5. The van der Waals surface area contributed by atoms with Crippen molar-refractivity contribution >= 4 is 11.9 Å². The lowest BCUT2D eigenvalue weighted by atomic mass is 10.0. The SMILES string of the molecule is CCCCC/C=C/CCCCCCCCCCCCCCCOC(=O)[C@@H]1CCC(=O)N1. The van der Waals surface area contributed by atoms with Crippen molar-refractivity contribution in [2.75, 3.05) is 6.61 Å². The second-order valence-electron chi connectivity index (χ2n) is 9.18. The Kier molecular flexibility index (Phi) is 18.4. The van der Waals surface area contributed by atoms with Gasteiger partial charge in [-0.1, -0.05) is 103 Å². The fraction of sp³-hybridized carbons (Fsp3) is 0.852. The van der Waals surface area contributed by atoms with Crippen molar-refractivity contribution in [2.45, 2.75) is 141 Å². The molecule has 0 aromatic heterocycles. The monoisotopic (exact) mass is 435 g/mol. The number of hydrogen-bond acceptors (Lipinski definition) is 3. The topological polar surface area (TPSA) is 55.4 Å². The molecule has 1 fully saturated rings. The van der Waals surface area contributed by atoms with Gasteiger partial charge in [0.05, 0.1) is 6.61 Å². The lowest BCUT2D eigenvalue weighted by Crippen LogP contribution is -2.34. The number of unbranched alkanes of at least 4 members (excludes halogenated alkanes) is 16. The highest BCUT2D eigenvalue weighted by Crippen LogP contribution is 2.14. The van der Waals surface area contributed by atoms with Crippen LogP contribution in [-0.4, -0.2) is 24.5 Å². The maximum Gasteiger partial charge on any atom is 0.328 e. The predicted molar refractivity (Wildman–Crippen MR) is 130 cm³/mol. The zero-order valence-corrected chi connectivity index (χ0v) is 20.3. The van der Waals surface area contributed by atoms with Gasteiger partial charge in [0.1, 0.15) is 6.04 Å². The fourth-order valence-electron chi connectivity index (χ4n) is 4.12. The van der Waals surface area contributed by atoms with Crippen molar-refractivity contribution in [1.82, 2.24) is 5.32 Å². The molecule has 1 heterocycles. The summed E-state index contributed by atoms with van der Waals surface area (Å²) in [6.45, 7) is 2.75. The maximum atomic E-state index is 11.8. The van der Waals surface area contributed by atoms with E-state index in [9.17, 15) is 9.59 Å². The van der Waals surface area contributed by atoms with Crippen LogP contribution in [0.1, 0.15) is 135 Å². The number of nitrogens with one attached hydrogen (secondary N) is 1. The molecule has 1 N–H and O–H groups in total. The van der Waals surface area contributed by atoms with Gasteiger partial charge in [0.2, 0.25) is 5.91 Å². The van der Waals surface area contributed by atoms with Gasteiger partial charge in [0.25, 0.3) is 0 Å². The van der Waals surface area contributed by atoms with Crippen LogP contribution in [0.3, 0.4) is 0 Å². The molecule has 0 aromatic carbocycles. The Morgan fingerprint density at radius 2 is 1.29 bits per heavy atom. The summed E-state index contributed by atoms with van der Waals surface area (Å²) in [5.41, 5.74) is 0. The Labute approximate surface area is 192 Å². The van der Waals surface area contributed by atoms with Crippen LogP contribution in [-0.2, 0) is 14.3 Å². The van der Waals surface area contributed by atoms with Crippen molar-refractivity contribution in [3.8, 4) is 0 Å². The van der Waals surface area contributed by atoms with Crippen molar-refractivity contribution in [3.63, 3.8) is 0 Å². The molecule has 0 spiro atoms. The van der Waals surface area contributed by atoms with Gasteiger partial charge < -0.3 is 10.1 Å². The lowest BCUT2D eigenvalue weighted by Gasteiger charge is -2.09. The molecule has 180 valence electrons. The highest BCUT2D eigenvalue weighted by molar-refractivity contribution is 5.87. The minimum absolute atomic E-state index is 0.0431. The van der Waals surface area contributed by atoms with E-state index in [1.165, 1.54) is 103 Å². The van der Waals surface area contributed by atoms with Crippen LogP contribution in [0.4, 0.5) is 0 Å². The molecule has 1 aliphatic rings. The predicted octanol–water partition coefficient (Wildman–Crippen LogP) is 7.41. The minimum atomic E-state index is -0.408. The number of hydrogen-bond donors (Lipinski definition) is 1. The van der Waals surface area contributed by atoms with Gasteiger partial charge in [-0.3, -0.25) is 4.79 Å². The maximum absolute atomic E-state index is 11.8. The molecule has 4 heteroatoms. The largest absolute Gasteiger partial charge is 0.464 e. The van der Waals surface area contributed by atoms with Crippen LogP contribution in [0.2, 0.25) is 0 Å². The molecular weight excluding hydrogens is 386 g/mol. The zero-order valence-electron chi connectivity index (χ0n) is 20.3. The number of carbonyl (C=O) groups is 2. The number of carbonyl (C=O) groups excluding carboxylic acids is 2. The van der Waals surface area contributed by atoms with E-state index in [1.54, 1.807) is 0 Å². The average Bonchev–Trinajstić information content (AvgIpc) is 3.21. The van der Waals surface area contributed by atoms with Crippen LogP contribution in [0.25, 0.3) is 0 Å². The molecule has 1 aliphatic heterocycles. The van der Waals surface area contributed by atoms with Crippen LogP contribution in [0.15, 0.2) is 12.2 Å². The van der Waals surface area contributed by atoms with Gasteiger partial charge in [-0.05, 0) is 38.5 Å². The number of esters is 1. The number of amides is 1. The Morgan fingerprint density at radius 1 is 0.806 bits per heavy atom. The first-order chi connectivity index (χ1) is 15.2. The van der Waals surface area contributed by atoms with Crippen molar-refractivity contribution in [3.05, 3.63) is 12.2 Å².